The average Bonchev–Trinajstić information content (AvgIpc) is 3.18. The van der Waals surface area contributed by atoms with Crippen LogP contribution in [0.3, 0.4) is 0 Å². The zero-order valence-corrected chi connectivity index (χ0v) is 17.9. The van der Waals surface area contributed by atoms with Gasteiger partial charge in [0, 0.05) is 26.1 Å². The third-order valence-corrected chi connectivity index (χ3v) is 2.59. The molecule has 0 atom stereocenters. The molecule has 14 nitrogen and oxygen atoms in total. The SMILES string of the molecule is C1CN=C2CCCN2C1.O=C([O-])CO.O=C([O-])CO.O=C([O-])CO.O=C([O-])CO.[Mo+4]. The number of rotatable bonds is 4. The third-order valence-electron chi connectivity index (χ3n) is 2.59. The van der Waals surface area contributed by atoms with Gasteiger partial charge in [-0.25, -0.2) is 0 Å². The van der Waals surface area contributed by atoms with E-state index in [1.54, 1.807) is 0 Å². The fourth-order valence-electron chi connectivity index (χ4n) is 1.60. The summed E-state index contributed by atoms with van der Waals surface area (Å²) >= 11 is 0. The fraction of sp³-hybridized carbons (Fsp3) is 0.667. The molecule has 0 bridgehead atoms. The Kier molecular flexibility index (Phi) is 29.3. The average molecular weight is 520 g/mol. The molecule has 172 valence electrons. The molecule has 1 saturated heterocycles. The number of hydrogen-bond acceptors (Lipinski definition) is 14. The van der Waals surface area contributed by atoms with Gasteiger partial charge in [-0.2, -0.15) is 0 Å². The number of aliphatic hydroxyl groups is 4. The second-order valence-electron chi connectivity index (χ2n) is 4.86. The van der Waals surface area contributed by atoms with Crippen LogP contribution in [-0.2, 0) is 40.2 Å². The van der Waals surface area contributed by atoms with Crippen molar-refractivity contribution >= 4 is 29.7 Å². The van der Waals surface area contributed by atoms with Gasteiger partial charge in [-0.3, -0.25) is 4.99 Å². The Labute approximate surface area is 186 Å². The Morgan fingerprint density at radius 3 is 1.30 bits per heavy atom. The fourth-order valence-corrected chi connectivity index (χ4v) is 1.60. The predicted molar refractivity (Wildman–Crippen MR) is 86.1 cm³/mol. The van der Waals surface area contributed by atoms with Crippen LogP contribution in [0.25, 0.3) is 0 Å². The van der Waals surface area contributed by atoms with Gasteiger partial charge in [0.25, 0.3) is 0 Å². The van der Waals surface area contributed by atoms with Crippen LogP contribution < -0.4 is 20.4 Å². The maximum Gasteiger partial charge on any atom is 4.00 e. The predicted octanol–water partition coefficient (Wildman–Crippen LogP) is -8.20. The first-order valence-electron chi connectivity index (χ1n) is 8.06. The number of amidine groups is 1. The summed E-state index contributed by atoms with van der Waals surface area (Å²) in [7, 11) is 0. The molecule has 0 aliphatic carbocycles. The molecule has 0 radical (unpaired) electrons. The van der Waals surface area contributed by atoms with Gasteiger partial charge in [-0.05, 0) is 12.8 Å². The van der Waals surface area contributed by atoms with Crippen LogP contribution in [0.15, 0.2) is 4.99 Å². The first-order chi connectivity index (χ1) is 13.5. The molecule has 2 rings (SSSR count). The number of nitrogens with zero attached hydrogens (tertiary/aromatic N) is 2. The van der Waals surface area contributed by atoms with E-state index in [0.29, 0.717) is 0 Å². The van der Waals surface area contributed by atoms with E-state index in [0.717, 1.165) is 6.54 Å². The van der Waals surface area contributed by atoms with Crippen LogP contribution in [0.1, 0.15) is 19.3 Å². The van der Waals surface area contributed by atoms with Crippen LogP contribution >= 0.6 is 0 Å². The number of carboxylic acid groups (broad SMARTS) is 4. The maximum atomic E-state index is 9.01. The minimum absolute atomic E-state index is 0. The zero-order valence-electron chi connectivity index (χ0n) is 15.9. The molecule has 15 heteroatoms. The molecule has 0 saturated carbocycles. The Balaban J connectivity index is -0.000000145. The van der Waals surface area contributed by atoms with Crippen LogP contribution in [0, 0.1) is 0 Å². The van der Waals surface area contributed by atoms with Crippen LogP contribution in [0.4, 0.5) is 0 Å². The van der Waals surface area contributed by atoms with Gasteiger partial charge in [-0.1, -0.05) is 0 Å². The molecule has 2 heterocycles. The van der Waals surface area contributed by atoms with Crippen molar-refractivity contribution in [2.24, 2.45) is 4.99 Å². The molecule has 0 aromatic rings. The molecule has 0 amide bonds. The molecule has 0 spiro atoms. The number of fused-ring (bicyclic) bond motifs is 1. The van der Waals surface area contributed by atoms with Gasteiger partial charge >= 0.3 is 21.1 Å². The van der Waals surface area contributed by atoms with Crippen LogP contribution in [0.5, 0.6) is 0 Å². The number of aliphatic hydroxyl groups excluding tert-OH is 4. The monoisotopic (exact) mass is 522 g/mol. The first-order valence-corrected chi connectivity index (χ1v) is 8.06. The van der Waals surface area contributed by atoms with E-state index in [1.165, 1.54) is 38.2 Å². The van der Waals surface area contributed by atoms with E-state index in [-0.39, 0.29) is 21.1 Å². The molecular formula is C15H24MoN2O12. The Bertz CT molecular complexity index is 460. The number of aliphatic carboxylic acids is 4. The summed E-state index contributed by atoms with van der Waals surface area (Å²) in [6.07, 6.45) is 3.84. The molecule has 30 heavy (non-hydrogen) atoms. The van der Waals surface area contributed by atoms with E-state index >= 15 is 0 Å². The Morgan fingerprint density at radius 1 is 0.733 bits per heavy atom. The van der Waals surface area contributed by atoms with E-state index in [2.05, 4.69) is 9.89 Å². The van der Waals surface area contributed by atoms with Crippen LogP contribution in [-0.4, -0.2) is 101 Å². The van der Waals surface area contributed by atoms with E-state index in [1.807, 2.05) is 0 Å². The zero-order chi connectivity index (χ0) is 23.2. The summed E-state index contributed by atoms with van der Waals surface area (Å²) in [5.74, 6) is -4.38. The van der Waals surface area contributed by atoms with Crippen molar-refractivity contribution in [2.75, 3.05) is 46.1 Å². The van der Waals surface area contributed by atoms with Gasteiger partial charge in [-0.15, -0.1) is 0 Å². The second kappa shape index (κ2) is 24.9. The summed E-state index contributed by atoms with van der Waals surface area (Å²) in [6.45, 7) is 0.0451. The molecule has 2 aliphatic heterocycles. The van der Waals surface area contributed by atoms with Gasteiger partial charge < -0.3 is 64.9 Å². The molecular weight excluding hydrogens is 496 g/mol. The third kappa shape index (κ3) is 30.6. The molecule has 4 N–H and O–H groups in total. The van der Waals surface area contributed by atoms with Gasteiger partial charge in [0.05, 0.1) is 56.1 Å². The van der Waals surface area contributed by atoms with E-state index in [4.69, 9.17) is 60.0 Å². The van der Waals surface area contributed by atoms with Crippen molar-refractivity contribution in [3.63, 3.8) is 0 Å². The van der Waals surface area contributed by atoms with Gasteiger partial charge in [0.1, 0.15) is 0 Å². The summed E-state index contributed by atoms with van der Waals surface area (Å²) < 4.78 is 0. The van der Waals surface area contributed by atoms with Crippen LogP contribution in [0.2, 0.25) is 0 Å². The summed E-state index contributed by atoms with van der Waals surface area (Å²) in [5.41, 5.74) is 0. The standard InChI is InChI=1S/C7H12N2.4C2H4O3.Mo/c1-3-7-8-4-2-6-9(7)5-1;4*3-1-2(4)5;/h1-6H2;4*3H,1H2,(H,4,5);/q;;;;;+4/p-4. The quantitative estimate of drug-likeness (QED) is 0.251. The minimum Gasteiger partial charge on any atom is -0.548 e. The van der Waals surface area contributed by atoms with Crippen molar-refractivity contribution < 1.29 is 81.1 Å². The number of carbonyl (C=O) groups is 4. The van der Waals surface area contributed by atoms with Crippen molar-refractivity contribution in [1.82, 2.24) is 4.90 Å². The van der Waals surface area contributed by atoms with Gasteiger partial charge in [0.2, 0.25) is 0 Å². The smallest absolute Gasteiger partial charge is 0.548 e. The van der Waals surface area contributed by atoms with Crippen molar-refractivity contribution in [3.8, 4) is 0 Å². The Hall–Kier alpha value is -2.12. The topological polar surface area (TPSA) is 257 Å². The molecule has 0 unspecified atom stereocenters. The number of hydrogen-bond donors (Lipinski definition) is 4. The summed E-state index contributed by atoms with van der Waals surface area (Å²) in [5, 5.41) is 66.0. The van der Waals surface area contributed by atoms with E-state index in [9.17, 15) is 0 Å². The van der Waals surface area contributed by atoms with E-state index < -0.39 is 50.3 Å². The molecule has 0 aromatic heterocycles. The molecule has 2 aliphatic rings. The molecule has 0 aromatic carbocycles. The Morgan fingerprint density at radius 2 is 1.03 bits per heavy atom. The minimum atomic E-state index is -1.44. The first kappa shape index (κ1) is 35.3. The second-order valence-corrected chi connectivity index (χ2v) is 4.86. The van der Waals surface area contributed by atoms with Gasteiger partial charge in [0.15, 0.2) is 0 Å². The summed E-state index contributed by atoms with van der Waals surface area (Å²) in [4.78, 5) is 42.9. The number of aliphatic imine (C=N–C) groups is 1. The largest absolute Gasteiger partial charge is 4.00 e. The summed E-state index contributed by atoms with van der Waals surface area (Å²) in [6, 6.07) is 0. The maximum absolute atomic E-state index is 9.01. The van der Waals surface area contributed by atoms with Crippen molar-refractivity contribution in [1.29, 1.82) is 0 Å². The number of carbonyl (C=O) groups excluding carboxylic acids is 4. The number of carboxylic acids is 4. The normalized spacial score (nSPS) is 12.7. The van der Waals surface area contributed by atoms with Crippen molar-refractivity contribution in [3.05, 3.63) is 0 Å². The molecule has 1 fully saturated rings. The van der Waals surface area contributed by atoms with Crippen molar-refractivity contribution in [2.45, 2.75) is 19.3 Å².